The van der Waals surface area contributed by atoms with Gasteiger partial charge in [-0.3, -0.25) is 4.57 Å². The lowest BCUT2D eigenvalue weighted by Crippen LogP contribution is -2.25. The van der Waals surface area contributed by atoms with Crippen LogP contribution in [0.3, 0.4) is 0 Å². The van der Waals surface area contributed by atoms with Crippen LogP contribution in [0, 0.1) is 0 Å². The molecule has 13 heavy (non-hydrogen) atoms. The monoisotopic (exact) mass is 179 g/mol. The van der Waals surface area contributed by atoms with Crippen LogP contribution in [-0.2, 0) is 0 Å². The van der Waals surface area contributed by atoms with Crippen molar-refractivity contribution in [2.24, 2.45) is 0 Å². The third-order valence-corrected chi connectivity index (χ3v) is 1.83. The first-order valence-corrected chi connectivity index (χ1v) is 4.10. The van der Waals surface area contributed by atoms with Crippen molar-refractivity contribution in [1.82, 2.24) is 9.55 Å². The number of hydrogen-bond donors (Lipinski definition) is 1. The van der Waals surface area contributed by atoms with Gasteiger partial charge < -0.3 is 5.73 Å². The third-order valence-electron chi connectivity index (χ3n) is 1.83. The van der Waals surface area contributed by atoms with E-state index in [9.17, 15) is 4.79 Å². The smallest absolute Gasteiger partial charge is 0.349 e. The molecular formula is C9H13N3O. The van der Waals surface area contributed by atoms with Gasteiger partial charge in [-0.05, 0) is 19.4 Å². The molecule has 1 rings (SSSR count). The van der Waals surface area contributed by atoms with Crippen molar-refractivity contribution in [2.45, 2.75) is 19.4 Å². The van der Waals surface area contributed by atoms with Gasteiger partial charge in [0.05, 0.1) is 0 Å². The number of hydrogen-bond acceptors (Lipinski definition) is 3. The average molecular weight is 179 g/mol. The zero-order chi connectivity index (χ0) is 9.84. The van der Waals surface area contributed by atoms with Gasteiger partial charge in [0.25, 0.3) is 0 Å². The van der Waals surface area contributed by atoms with Crippen LogP contribution < -0.4 is 11.4 Å². The first-order valence-electron chi connectivity index (χ1n) is 4.10. The Labute approximate surface area is 76.7 Å². The van der Waals surface area contributed by atoms with E-state index >= 15 is 0 Å². The maximum absolute atomic E-state index is 11.3. The highest BCUT2D eigenvalue weighted by atomic mass is 16.1. The molecule has 1 atom stereocenters. The summed E-state index contributed by atoms with van der Waals surface area (Å²) < 4.78 is 1.54. The highest BCUT2D eigenvalue weighted by molar-refractivity contribution is 5.23. The van der Waals surface area contributed by atoms with Crippen LogP contribution in [-0.4, -0.2) is 9.55 Å². The van der Waals surface area contributed by atoms with Gasteiger partial charge in [0.2, 0.25) is 0 Å². The Morgan fingerprint density at radius 2 is 2.54 bits per heavy atom. The van der Waals surface area contributed by atoms with Gasteiger partial charge in [0.15, 0.2) is 0 Å². The Balaban J connectivity index is 3.01. The fourth-order valence-corrected chi connectivity index (χ4v) is 1.12. The first kappa shape index (κ1) is 9.51. The van der Waals surface area contributed by atoms with Gasteiger partial charge in [-0.25, -0.2) is 4.79 Å². The lowest BCUT2D eigenvalue weighted by Gasteiger charge is -2.11. The molecule has 0 saturated carbocycles. The van der Waals surface area contributed by atoms with Crippen LogP contribution >= 0.6 is 0 Å². The maximum atomic E-state index is 11.3. The minimum Gasteiger partial charge on any atom is -0.383 e. The maximum Gasteiger partial charge on any atom is 0.349 e. The molecule has 4 heteroatoms. The van der Waals surface area contributed by atoms with Crippen molar-refractivity contribution in [3.05, 3.63) is 35.4 Å². The number of anilines is 1. The molecule has 0 aliphatic heterocycles. The summed E-state index contributed by atoms with van der Waals surface area (Å²) in [4.78, 5) is 14.9. The molecule has 0 aliphatic rings. The quantitative estimate of drug-likeness (QED) is 0.703. The summed E-state index contributed by atoms with van der Waals surface area (Å²) >= 11 is 0. The molecule has 2 N–H and O–H groups in total. The molecule has 0 fully saturated rings. The second-order valence-corrected chi connectivity index (χ2v) is 2.92. The molecule has 0 aliphatic carbocycles. The van der Waals surface area contributed by atoms with Crippen LogP contribution in [0.4, 0.5) is 5.82 Å². The highest BCUT2D eigenvalue weighted by Gasteiger charge is 2.04. The summed E-state index contributed by atoms with van der Waals surface area (Å²) in [6, 6.07) is 1.69. The van der Waals surface area contributed by atoms with Crippen molar-refractivity contribution < 1.29 is 0 Å². The highest BCUT2D eigenvalue weighted by Crippen LogP contribution is 2.07. The standard InChI is InChI=1S/C9H13N3O/c1-3-4-7(2)12-6-5-8(10)11-9(12)13/h3,5-7H,1,4H2,2H3,(H2,10,11,13). The summed E-state index contributed by atoms with van der Waals surface area (Å²) in [6.45, 7) is 5.54. The molecule has 1 aromatic rings. The van der Waals surface area contributed by atoms with Crippen molar-refractivity contribution in [3.63, 3.8) is 0 Å². The van der Waals surface area contributed by atoms with Gasteiger partial charge in [0.1, 0.15) is 5.82 Å². The van der Waals surface area contributed by atoms with E-state index in [2.05, 4.69) is 11.6 Å². The molecule has 1 heterocycles. The number of allylic oxidation sites excluding steroid dienone is 1. The minimum atomic E-state index is -0.311. The predicted molar refractivity (Wildman–Crippen MR) is 52.4 cm³/mol. The van der Waals surface area contributed by atoms with Gasteiger partial charge in [-0.15, -0.1) is 6.58 Å². The molecule has 4 nitrogen and oxygen atoms in total. The summed E-state index contributed by atoms with van der Waals surface area (Å²) in [5.74, 6) is 0.257. The number of rotatable bonds is 3. The third kappa shape index (κ3) is 2.18. The normalized spacial score (nSPS) is 12.4. The van der Waals surface area contributed by atoms with Crippen molar-refractivity contribution in [1.29, 1.82) is 0 Å². The Morgan fingerprint density at radius 3 is 3.08 bits per heavy atom. The number of nitrogen functional groups attached to an aromatic ring is 1. The van der Waals surface area contributed by atoms with Gasteiger partial charge in [-0.2, -0.15) is 4.98 Å². The molecule has 1 unspecified atom stereocenters. The predicted octanol–water partition coefficient (Wildman–Crippen LogP) is 0.963. The lowest BCUT2D eigenvalue weighted by atomic mass is 10.2. The number of nitrogens with zero attached hydrogens (tertiary/aromatic N) is 2. The largest absolute Gasteiger partial charge is 0.383 e. The fraction of sp³-hybridized carbons (Fsp3) is 0.333. The Bertz CT molecular complexity index is 356. The van der Waals surface area contributed by atoms with E-state index in [0.717, 1.165) is 6.42 Å². The Morgan fingerprint density at radius 1 is 1.85 bits per heavy atom. The van der Waals surface area contributed by atoms with E-state index in [0.29, 0.717) is 0 Å². The van der Waals surface area contributed by atoms with Gasteiger partial charge >= 0.3 is 5.69 Å². The number of aromatic nitrogens is 2. The molecular weight excluding hydrogens is 166 g/mol. The topological polar surface area (TPSA) is 60.9 Å². The van der Waals surface area contributed by atoms with Crippen LogP contribution in [0.1, 0.15) is 19.4 Å². The van der Waals surface area contributed by atoms with E-state index in [-0.39, 0.29) is 17.5 Å². The summed E-state index contributed by atoms with van der Waals surface area (Å²) in [7, 11) is 0. The second-order valence-electron chi connectivity index (χ2n) is 2.92. The van der Waals surface area contributed by atoms with Crippen molar-refractivity contribution >= 4 is 5.82 Å². The van der Waals surface area contributed by atoms with E-state index in [1.54, 1.807) is 18.3 Å². The van der Waals surface area contributed by atoms with Gasteiger partial charge in [-0.1, -0.05) is 6.08 Å². The molecule has 0 radical (unpaired) electrons. The SMILES string of the molecule is C=CCC(C)n1ccc(N)nc1=O. The number of nitrogens with two attached hydrogens (primary N) is 1. The minimum absolute atomic E-state index is 0.0816. The zero-order valence-corrected chi connectivity index (χ0v) is 7.60. The lowest BCUT2D eigenvalue weighted by molar-refractivity contribution is 0.525. The molecule has 1 aromatic heterocycles. The Kier molecular flexibility index (Phi) is 2.84. The van der Waals surface area contributed by atoms with E-state index in [4.69, 9.17) is 5.73 Å². The van der Waals surface area contributed by atoms with Gasteiger partial charge in [0, 0.05) is 12.2 Å². The summed E-state index contributed by atoms with van der Waals surface area (Å²) in [6.07, 6.45) is 4.16. The molecule has 70 valence electrons. The fourth-order valence-electron chi connectivity index (χ4n) is 1.12. The van der Waals surface area contributed by atoms with Crippen LogP contribution in [0.15, 0.2) is 29.7 Å². The molecule has 0 spiro atoms. The second kappa shape index (κ2) is 3.89. The first-order chi connectivity index (χ1) is 6.15. The Hall–Kier alpha value is -1.58. The molecule has 0 aromatic carbocycles. The summed E-state index contributed by atoms with van der Waals surface area (Å²) in [5, 5.41) is 0. The van der Waals surface area contributed by atoms with Crippen LogP contribution in [0.25, 0.3) is 0 Å². The average Bonchev–Trinajstić information content (AvgIpc) is 2.04. The molecule has 0 amide bonds. The van der Waals surface area contributed by atoms with E-state index < -0.39 is 0 Å². The van der Waals surface area contributed by atoms with Crippen LogP contribution in [0.5, 0.6) is 0 Å². The molecule has 0 bridgehead atoms. The molecule has 0 saturated heterocycles. The van der Waals surface area contributed by atoms with Crippen molar-refractivity contribution in [2.75, 3.05) is 5.73 Å². The zero-order valence-electron chi connectivity index (χ0n) is 7.60. The van der Waals surface area contributed by atoms with E-state index in [1.807, 2.05) is 6.92 Å². The summed E-state index contributed by atoms with van der Waals surface area (Å²) in [5.41, 5.74) is 5.05. The van der Waals surface area contributed by atoms with Crippen LogP contribution in [0.2, 0.25) is 0 Å². The van der Waals surface area contributed by atoms with Crippen molar-refractivity contribution in [3.8, 4) is 0 Å². The van der Waals surface area contributed by atoms with E-state index in [1.165, 1.54) is 4.57 Å².